The Balaban J connectivity index is 1.82. The smallest absolute Gasteiger partial charge is 0.274 e. The summed E-state index contributed by atoms with van der Waals surface area (Å²) in [7, 11) is 0. The molecule has 0 saturated heterocycles. The van der Waals surface area contributed by atoms with Crippen molar-refractivity contribution < 1.29 is 9.59 Å². The second kappa shape index (κ2) is 7.97. The number of aryl methyl sites for hydroxylation is 1. The molecule has 6 nitrogen and oxygen atoms in total. The number of halogens is 1. The molecule has 2 N–H and O–H groups in total. The standard InChI is InChI=1S/C20H17ClN4O2/c1-12-9-18(19(27)23-17-8-4-6-15(21)11-17)25-20(22-12)24-16-7-3-5-14(10-16)13(2)26/h3-11H,1-2H3,(H,23,27)(H,22,24,25). The van der Waals surface area contributed by atoms with Crippen LogP contribution in [0.2, 0.25) is 5.02 Å². The minimum atomic E-state index is -0.372. The Morgan fingerprint density at radius 3 is 2.44 bits per heavy atom. The molecular weight excluding hydrogens is 364 g/mol. The molecule has 0 fully saturated rings. The van der Waals surface area contributed by atoms with Gasteiger partial charge in [-0.3, -0.25) is 9.59 Å². The van der Waals surface area contributed by atoms with Gasteiger partial charge in [0.25, 0.3) is 5.91 Å². The number of benzene rings is 2. The molecule has 0 spiro atoms. The number of rotatable bonds is 5. The molecule has 3 rings (SSSR count). The Morgan fingerprint density at radius 1 is 0.963 bits per heavy atom. The maximum absolute atomic E-state index is 12.5. The van der Waals surface area contributed by atoms with E-state index in [2.05, 4.69) is 20.6 Å². The van der Waals surface area contributed by atoms with Gasteiger partial charge >= 0.3 is 0 Å². The molecule has 0 aliphatic heterocycles. The van der Waals surface area contributed by atoms with Crippen LogP contribution < -0.4 is 10.6 Å². The SMILES string of the molecule is CC(=O)c1cccc(Nc2nc(C)cc(C(=O)Nc3cccc(Cl)c3)n2)c1. The first kappa shape index (κ1) is 18.5. The summed E-state index contributed by atoms with van der Waals surface area (Å²) in [6, 6.07) is 15.5. The van der Waals surface area contributed by atoms with Crippen LogP contribution in [-0.2, 0) is 0 Å². The van der Waals surface area contributed by atoms with Gasteiger partial charge in [0.05, 0.1) is 0 Å². The normalized spacial score (nSPS) is 10.3. The monoisotopic (exact) mass is 380 g/mol. The molecule has 0 atom stereocenters. The molecule has 0 saturated carbocycles. The second-order valence-electron chi connectivity index (χ2n) is 5.94. The van der Waals surface area contributed by atoms with Crippen molar-refractivity contribution in [2.45, 2.75) is 13.8 Å². The van der Waals surface area contributed by atoms with Gasteiger partial charge in [-0.1, -0.05) is 29.8 Å². The average Bonchev–Trinajstić information content (AvgIpc) is 2.61. The van der Waals surface area contributed by atoms with Gasteiger partial charge < -0.3 is 10.6 Å². The molecule has 1 aromatic heterocycles. The van der Waals surface area contributed by atoms with E-state index in [1.165, 1.54) is 6.92 Å². The highest BCUT2D eigenvalue weighted by Gasteiger charge is 2.12. The van der Waals surface area contributed by atoms with E-state index in [9.17, 15) is 9.59 Å². The van der Waals surface area contributed by atoms with Crippen molar-refractivity contribution in [3.05, 3.63) is 76.6 Å². The number of nitrogens with one attached hydrogen (secondary N) is 2. The van der Waals surface area contributed by atoms with Crippen LogP contribution in [0.5, 0.6) is 0 Å². The Bertz CT molecular complexity index is 1020. The number of amides is 1. The van der Waals surface area contributed by atoms with E-state index in [-0.39, 0.29) is 23.3 Å². The molecule has 0 bridgehead atoms. The molecule has 136 valence electrons. The quantitative estimate of drug-likeness (QED) is 0.630. The Kier molecular flexibility index (Phi) is 5.47. The van der Waals surface area contributed by atoms with E-state index >= 15 is 0 Å². The highest BCUT2D eigenvalue weighted by atomic mass is 35.5. The molecule has 7 heteroatoms. The molecule has 0 aliphatic rings. The Labute approximate surface area is 161 Å². The van der Waals surface area contributed by atoms with E-state index in [0.717, 1.165) is 0 Å². The summed E-state index contributed by atoms with van der Waals surface area (Å²) >= 11 is 5.94. The number of hydrogen-bond acceptors (Lipinski definition) is 5. The molecule has 3 aromatic rings. The molecule has 2 aromatic carbocycles. The molecule has 0 radical (unpaired) electrons. The number of anilines is 3. The maximum Gasteiger partial charge on any atom is 0.274 e. The van der Waals surface area contributed by atoms with Crippen LogP contribution in [0, 0.1) is 6.92 Å². The van der Waals surface area contributed by atoms with Crippen LogP contribution >= 0.6 is 11.6 Å². The lowest BCUT2D eigenvalue weighted by atomic mass is 10.1. The predicted octanol–water partition coefficient (Wildman–Crippen LogP) is 4.64. The second-order valence-corrected chi connectivity index (χ2v) is 6.38. The molecule has 1 heterocycles. The van der Waals surface area contributed by atoms with Crippen LogP contribution in [-0.4, -0.2) is 21.7 Å². The third-order valence-electron chi connectivity index (χ3n) is 3.69. The first-order valence-corrected chi connectivity index (χ1v) is 8.59. The first-order valence-electron chi connectivity index (χ1n) is 8.21. The molecule has 0 aliphatic carbocycles. The average molecular weight is 381 g/mol. The Morgan fingerprint density at radius 2 is 1.70 bits per heavy atom. The zero-order chi connectivity index (χ0) is 19.4. The number of Topliss-reactive ketones (excluding diaryl/α,β-unsaturated/α-hetero) is 1. The molecular formula is C20H17ClN4O2. The zero-order valence-electron chi connectivity index (χ0n) is 14.8. The largest absolute Gasteiger partial charge is 0.324 e. The topological polar surface area (TPSA) is 84.0 Å². The van der Waals surface area contributed by atoms with Gasteiger partial charge in [0, 0.05) is 27.7 Å². The summed E-state index contributed by atoms with van der Waals surface area (Å²) in [4.78, 5) is 32.6. The van der Waals surface area contributed by atoms with E-state index < -0.39 is 0 Å². The highest BCUT2D eigenvalue weighted by Crippen LogP contribution is 2.18. The number of carbonyl (C=O) groups excluding carboxylic acids is 2. The fourth-order valence-electron chi connectivity index (χ4n) is 2.45. The van der Waals surface area contributed by atoms with Crippen molar-refractivity contribution in [3.8, 4) is 0 Å². The molecule has 0 unspecified atom stereocenters. The van der Waals surface area contributed by atoms with Gasteiger partial charge in [-0.05, 0) is 50.2 Å². The summed E-state index contributed by atoms with van der Waals surface area (Å²) in [5.41, 5.74) is 2.66. The van der Waals surface area contributed by atoms with Crippen molar-refractivity contribution in [2.24, 2.45) is 0 Å². The van der Waals surface area contributed by atoms with Crippen molar-refractivity contribution >= 4 is 40.6 Å². The maximum atomic E-state index is 12.5. The fraction of sp³-hybridized carbons (Fsp3) is 0.100. The van der Waals surface area contributed by atoms with Gasteiger partial charge in [-0.15, -0.1) is 0 Å². The summed E-state index contributed by atoms with van der Waals surface area (Å²) in [6.45, 7) is 3.27. The van der Waals surface area contributed by atoms with E-state index in [0.29, 0.717) is 27.7 Å². The summed E-state index contributed by atoms with van der Waals surface area (Å²) < 4.78 is 0. The first-order chi connectivity index (χ1) is 12.9. The van der Waals surface area contributed by atoms with Crippen LogP contribution in [0.1, 0.15) is 33.5 Å². The van der Waals surface area contributed by atoms with Gasteiger partial charge in [-0.25, -0.2) is 9.97 Å². The van der Waals surface area contributed by atoms with Gasteiger partial charge in [0.1, 0.15) is 5.69 Å². The number of carbonyl (C=O) groups is 2. The zero-order valence-corrected chi connectivity index (χ0v) is 15.5. The summed E-state index contributed by atoms with van der Waals surface area (Å²) in [6.07, 6.45) is 0. The lowest BCUT2D eigenvalue weighted by Crippen LogP contribution is -2.15. The van der Waals surface area contributed by atoms with Gasteiger partial charge in [0.15, 0.2) is 5.78 Å². The van der Waals surface area contributed by atoms with Crippen LogP contribution in [0.3, 0.4) is 0 Å². The minimum Gasteiger partial charge on any atom is -0.324 e. The number of nitrogens with zero attached hydrogens (tertiary/aromatic N) is 2. The van der Waals surface area contributed by atoms with Crippen molar-refractivity contribution in [3.63, 3.8) is 0 Å². The van der Waals surface area contributed by atoms with Crippen LogP contribution in [0.25, 0.3) is 0 Å². The van der Waals surface area contributed by atoms with Crippen molar-refractivity contribution in [2.75, 3.05) is 10.6 Å². The third-order valence-corrected chi connectivity index (χ3v) is 3.93. The number of ketones is 1. The summed E-state index contributed by atoms with van der Waals surface area (Å²) in [5.74, 6) is -0.138. The van der Waals surface area contributed by atoms with Crippen LogP contribution in [0.4, 0.5) is 17.3 Å². The predicted molar refractivity (Wildman–Crippen MR) is 106 cm³/mol. The number of aromatic nitrogens is 2. The van der Waals surface area contributed by atoms with Crippen molar-refractivity contribution in [1.29, 1.82) is 0 Å². The Hall–Kier alpha value is -3.25. The van der Waals surface area contributed by atoms with E-state index in [1.54, 1.807) is 61.5 Å². The third kappa shape index (κ3) is 4.89. The summed E-state index contributed by atoms with van der Waals surface area (Å²) in [5, 5.41) is 6.32. The fourth-order valence-corrected chi connectivity index (χ4v) is 2.64. The lowest BCUT2D eigenvalue weighted by molar-refractivity contribution is 0.101. The minimum absolute atomic E-state index is 0.0367. The van der Waals surface area contributed by atoms with Gasteiger partial charge in [-0.2, -0.15) is 0 Å². The molecule has 27 heavy (non-hydrogen) atoms. The van der Waals surface area contributed by atoms with E-state index in [1.807, 2.05) is 0 Å². The van der Waals surface area contributed by atoms with Crippen LogP contribution in [0.15, 0.2) is 54.6 Å². The lowest BCUT2D eigenvalue weighted by Gasteiger charge is -2.10. The van der Waals surface area contributed by atoms with E-state index in [4.69, 9.17) is 11.6 Å². The van der Waals surface area contributed by atoms with Crippen molar-refractivity contribution in [1.82, 2.24) is 9.97 Å². The molecule has 1 amide bonds. The highest BCUT2D eigenvalue weighted by molar-refractivity contribution is 6.30. The van der Waals surface area contributed by atoms with Gasteiger partial charge in [0.2, 0.25) is 5.95 Å². The number of hydrogen-bond donors (Lipinski definition) is 2.